The van der Waals surface area contributed by atoms with E-state index >= 15 is 0 Å². The van der Waals surface area contributed by atoms with Crippen LogP contribution < -0.4 is 19.7 Å². The normalized spacial score (nSPS) is 14.0. The van der Waals surface area contributed by atoms with Crippen molar-refractivity contribution in [2.75, 3.05) is 50.1 Å². The van der Waals surface area contributed by atoms with Gasteiger partial charge in [0.05, 0.1) is 25.1 Å². The van der Waals surface area contributed by atoms with Crippen molar-refractivity contribution in [3.05, 3.63) is 35.9 Å². The fourth-order valence-corrected chi connectivity index (χ4v) is 3.93. The van der Waals surface area contributed by atoms with Crippen molar-refractivity contribution >= 4 is 29.3 Å². The lowest BCUT2D eigenvalue weighted by Gasteiger charge is -2.35. The predicted octanol–water partition coefficient (Wildman–Crippen LogP) is 3.15. The van der Waals surface area contributed by atoms with E-state index in [2.05, 4.69) is 20.3 Å². The maximum absolute atomic E-state index is 13.2. The van der Waals surface area contributed by atoms with Gasteiger partial charge in [0, 0.05) is 50.8 Å². The number of hydrogen-bond donors (Lipinski definition) is 1. The highest BCUT2D eigenvalue weighted by atomic mass is 16.6. The molecule has 1 N–H and O–H groups in total. The minimum absolute atomic E-state index is 0.186. The van der Waals surface area contributed by atoms with Gasteiger partial charge in [0.25, 0.3) is 5.91 Å². The molecule has 37 heavy (non-hydrogen) atoms. The number of aryl methyl sites for hydroxylation is 1. The molecule has 3 aromatic heterocycles. The van der Waals surface area contributed by atoms with Gasteiger partial charge in [-0.05, 0) is 34.6 Å². The fraction of sp³-hybridized carbons (Fsp3) is 0.480. The van der Waals surface area contributed by atoms with E-state index in [1.807, 2.05) is 45.7 Å². The van der Waals surface area contributed by atoms with Gasteiger partial charge in [-0.1, -0.05) is 0 Å². The summed E-state index contributed by atoms with van der Waals surface area (Å²) in [6, 6.07) is 1.71. The summed E-state index contributed by atoms with van der Waals surface area (Å²) in [5, 5.41) is 2.87. The van der Waals surface area contributed by atoms with E-state index in [0.29, 0.717) is 55.8 Å². The minimum atomic E-state index is -0.547. The molecule has 12 nitrogen and oxygen atoms in total. The van der Waals surface area contributed by atoms with Crippen LogP contribution in [0.25, 0.3) is 5.65 Å². The molecule has 12 heteroatoms. The van der Waals surface area contributed by atoms with Gasteiger partial charge < -0.3 is 33.7 Å². The maximum atomic E-state index is 13.2. The fourth-order valence-electron chi connectivity index (χ4n) is 3.93. The van der Waals surface area contributed by atoms with Crippen molar-refractivity contribution in [3.8, 4) is 11.6 Å². The third-order valence-electron chi connectivity index (χ3n) is 5.60. The molecular weight excluding hydrogens is 478 g/mol. The number of rotatable bonds is 6. The quantitative estimate of drug-likeness (QED) is 0.531. The average molecular weight is 512 g/mol. The number of nitrogens with zero attached hydrogens (tertiary/aromatic N) is 6. The summed E-state index contributed by atoms with van der Waals surface area (Å²) in [5.41, 5.74) is 1.67. The Labute approximate surface area is 215 Å². The Hall–Kier alpha value is -4.09. The molecule has 0 atom stereocenters. The van der Waals surface area contributed by atoms with Crippen LogP contribution in [-0.2, 0) is 4.74 Å². The van der Waals surface area contributed by atoms with Crippen LogP contribution in [0, 0.1) is 6.92 Å². The van der Waals surface area contributed by atoms with Gasteiger partial charge in [0.15, 0.2) is 11.4 Å². The summed E-state index contributed by atoms with van der Waals surface area (Å²) in [5.74, 6) is 0.739. The molecule has 4 heterocycles. The lowest BCUT2D eigenvalue weighted by molar-refractivity contribution is 0.0240. The molecule has 2 amide bonds. The van der Waals surface area contributed by atoms with Crippen molar-refractivity contribution in [1.29, 1.82) is 0 Å². The molecule has 0 radical (unpaired) electrons. The average Bonchev–Trinajstić information content (AvgIpc) is 3.22. The number of nitrogens with one attached hydrogen (secondary N) is 1. The van der Waals surface area contributed by atoms with Crippen LogP contribution in [0.3, 0.4) is 0 Å². The number of amides is 2. The SMILES string of the molecule is CCOc1nc(N2CCN(C(=O)OC(C)(C)C)CC2)ncc1C(=O)Nc1cc(OC)c2nc(C)cn2c1. The number of fused-ring (bicyclic) bond motifs is 1. The number of piperazine rings is 1. The van der Waals surface area contributed by atoms with Crippen LogP contribution in [0.5, 0.6) is 11.6 Å². The third kappa shape index (κ3) is 6.01. The third-order valence-corrected chi connectivity index (χ3v) is 5.60. The zero-order valence-electron chi connectivity index (χ0n) is 22.1. The lowest BCUT2D eigenvalue weighted by Crippen LogP contribution is -2.50. The van der Waals surface area contributed by atoms with Crippen LogP contribution in [0.1, 0.15) is 43.7 Å². The molecule has 0 aromatic carbocycles. The number of methoxy groups -OCH3 is 1. The highest BCUT2D eigenvalue weighted by Crippen LogP contribution is 2.26. The monoisotopic (exact) mass is 511 g/mol. The first-order valence-electron chi connectivity index (χ1n) is 12.2. The standard InChI is InChI=1S/C25H33N7O5/c1-7-36-22-18(21(33)28-17-12-19(35-6)20-27-16(2)14-32(20)15-17)13-26-23(29-22)30-8-10-31(11-9-30)24(34)37-25(3,4)5/h12-15H,7-11H2,1-6H3,(H,28,33). The van der Waals surface area contributed by atoms with E-state index in [1.165, 1.54) is 6.20 Å². The number of carbonyl (C=O) groups excluding carboxylic acids is 2. The van der Waals surface area contributed by atoms with Crippen LogP contribution in [0.4, 0.5) is 16.4 Å². The molecule has 1 saturated heterocycles. The van der Waals surface area contributed by atoms with Gasteiger partial charge in [-0.2, -0.15) is 4.98 Å². The molecule has 0 spiro atoms. The first kappa shape index (κ1) is 26.0. The Balaban J connectivity index is 1.49. The van der Waals surface area contributed by atoms with Gasteiger partial charge in [0.2, 0.25) is 11.8 Å². The maximum Gasteiger partial charge on any atom is 0.410 e. The molecule has 4 rings (SSSR count). The first-order chi connectivity index (χ1) is 17.6. The van der Waals surface area contributed by atoms with E-state index in [9.17, 15) is 9.59 Å². The van der Waals surface area contributed by atoms with E-state index in [1.54, 1.807) is 28.7 Å². The Kier molecular flexibility index (Phi) is 7.37. The van der Waals surface area contributed by atoms with Crippen molar-refractivity contribution in [2.45, 2.75) is 40.2 Å². The molecule has 0 saturated carbocycles. The lowest BCUT2D eigenvalue weighted by atomic mass is 10.2. The van der Waals surface area contributed by atoms with E-state index in [0.717, 1.165) is 5.69 Å². The van der Waals surface area contributed by atoms with Gasteiger partial charge in [-0.3, -0.25) is 4.79 Å². The Morgan fingerprint density at radius 3 is 2.49 bits per heavy atom. The molecule has 198 valence electrons. The Morgan fingerprint density at radius 2 is 1.84 bits per heavy atom. The summed E-state index contributed by atoms with van der Waals surface area (Å²) in [4.78, 5) is 42.5. The van der Waals surface area contributed by atoms with Crippen molar-refractivity contribution in [2.24, 2.45) is 0 Å². The second-order valence-electron chi connectivity index (χ2n) is 9.64. The smallest absolute Gasteiger partial charge is 0.410 e. The van der Waals surface area contributed by atoms with E-state index in [4.69, 9.17) is 14.2 Å². The predicted molar refractivity (Wildman–Crippen MR) is 138 cm³/mol. The second kappa shape index (κ2) is 10.5. The van der Waals surface area contributed by atoms with E-state index in [-0.39, 0.29) is 17.5 Å². The zero-order chi connectivity index (χ0) is 26.7. The molecule has 1 aliphatic rings. The largest absolute Gasteiger partial charge is 0.493 e. The molecule has 3 aromatic rings. The number of pyridine rings is 1. The summed E-state index contributed by atoms with van der Waals surface area (Å²) in [7, 11) is 1.55. The zero-order valence-corrected chi connectivity index (χ0v) is 22.1. The number of hydrogen-bond acceptors (Lipinski definition) is 9. The van der Waals surface area contributed by atoms with Gasteiger partial charge in [-0.25, -0.2) is 14.8 Å². The van der Waals surface area contributed by atoms with Gasteiger partial charge >= 0.3 is 6.09 Å². The van der Waals surface area contributed by atoms with Crippen molar-refractivity contribution in [3.63, 3.8) is 0 Å². The van der Waals surface area contributed by atoms with Crippen molar-refractivity contribution < 1.29 is 23.8 Å². The van der Waals surface area contributed by atoms with E-state index < -0.39 is 11.5 Å². The van der Waals surface area contributed by atoms with Crippen LogP contribution in [0.15, 0.2) is 24.7 Å². The number of anilines is 2. The Bertz CT molecular complexity index is 1290. The van der Waals surface area contributed by atoms with Crippen molar-refractivity contribution in [1.82, 2.24) is 24.3 Å². The molecule has 1 aliphatic heterocycles. The Morgan fingerprint density at radius 1 is 1.11 bits per heavy atom. The summed E-state index contributed by atoms with van der Waals surface area (Å²) in [6.07, 6.45) is 4.73. The second-order valence-corrected chi connectivity index (χ2v) is 9.64. The number of ether oxygens (including phenoxy) is 3. The molecular formula is C25H33N7O5. The highest BCUT2D eigenvalue weighted by molar-refractivity contribution is 6.05. The van der Waals surface area contributed by atoms with Gasteiger partial charge in [0.1, 0.15) is 11.2 Å². The minimum Gasteiger partial charge on any atom is -0.493 e. The van der Waals surface area contributed by atoms with Crippen LogP contribution in [-0.4, -0.2) is 81.7 Å². The van der Waals surface area contributed by atoms with Crippen LogP contribution in [0.2, 0.25) is 0 Å². The molecule has 0 bridgehead atoms. The molecule has 0 aliphatic carbocycles. The molecule has 0 unspecified atom stereocenters. The topological polar surface area (TPSA) is 123 Å². The highest BCUT2D eigenvalue weighted by Gasteiger charge is 2.27. The number of aromatic nitrogens is 4. The summed E-state index contributed by atoms with van der Waals surface area (Å²) >= 11 is 0. The summed E-state index contributed by atoms with van der Waals surface area (Å²) in [6.45, 7) is 11.6. The van der Waals surface area contributed by atoms with Crippen LogP contribution >= 0.6 is 0 Å². The molecule has 1 fully saturated rings. The first-order valence-corrected chi connectivity index (χ1v) is 12.2. The summed E-state index contributed by atoms with van der Waals surface area (Å²) < 4.78 is 18.4. The van der Waals surface area contributed by atoms with Gasteiger partial charge in [-0.15, -0.1) is 0 Å². The number of carbonyl (C=O) groups is 2. The number of imidazole rings is 1.